The molecule has 8 aromatic heterocycles. The molecule has 4 atom stereocenters. The molecule has 648 valence electrons. The fraction of sp³-hybridized carbons (Fsp3) is 0.435. The number of likely N-dealkylation sites (tertiary alicyclic amines) is 4. The topological polar surface area (TPSA) is 331 Å². The standard InChI is InChI=1S/3C23H27N3O3.C17H23N3O3.C6H10N2O4/c3*1-26-11-5-8-20(26)17-28-22-13-18(15-24-16-22)23-14-19(25-29-23)7-6-12-27-21-9-3-2-4-10-21;1-20-6-2-5-15(20)12-22-16-8-13(10-18-11-16)17-9-14(19-23-17)4-3-7-21;1-3-11-5(9)7-8-6(10)12-4-2/h3*2-4,9-10,13-16,20H,5-8,11-12,17H2,1H3;8-11,15,21H,2-7,12H2,1H3;3-4H2,1-2H3/t3*20-;15-;/m0000./s1. The predicted molar refractivity (Wildman–Crippen MR) is 459 cm³/mol. The van der Waals surface area contributed by atoms with Crippen molar-refractivity contribution in [1.29, 1.82) is 0 Å². The van der Waals surface area contributed by atoms with Crippen LogP contribution in [0.4, 0.5) is 9.59 Å². The first kappa shape index (κ1) is 90.8. The van der Waals surface area contributed by atoms with Crippen LogP contribution in [0.2, 0.25) is 0 Å². The molecule has 0 bridgehead atoms. The molecule has 122 heavy (non-hydrogen) atoms. The van der Waals surface area contributed by atoms with Crippen LogP contribution in [0.1, 0.15) is 114 Å². The summed E-state index contributed by atoms with van der Waals surface area (Å²) in [6, 6.07) is 47.0. The van der Waals surface area contributed by atoms with Gasteiger partial charge in [-0.1, -0.05) is 85.5 Å². The number of aryl methyl sites for hydroxylation is 4. The van der Waals surface area contributed by atoms with Crippen molar-refractivity contribution in [3.8, 4) is 85.5 Å². The highest BCUT2D eigenvalue weighted by Crippen LogP contribution is 2.31. The van der Waals surface area contributed by atoms with Crippen LogP contribution in [-0.4, -0.2) is 222 Å². The maximum Gasteiger partial charge on any atom is 0.452 e. The molecule has 4 aliphatic rings. The third kappa shape index (κ3) is 30.9. The zero-order chi connectivity index (χ0) is 85.1. The van der Waals surface area contributed by atoms with E-state index in [1.807, 2.05) is 140 Å². The monoisotopic (exact) mass is 1670 g/mol. The molecule has 0 unspecified atom stereocenters. The van der Waals surface area contributed by atoms with Crippen molar-refractivity contribution >= 4 is 12.2 Å². The van der Waals surface area contributed by atoms with E-state index in [-0.39, 0.29) is 19.8 Å². The quantitative estimate of drug-likeness (QED) is 0.0281. The number of azo groups is 1. The molecule has 11 aromatic rings. The minimum absolute atomic E-state index is 0.155. The normalized spacial score (nSPS) is 16.4. The Bertz CT molecular complexity index is 4470. The summed E-state index contributed by atoms with van der Waals surface area (Å²) >= 11 is 0. The van der Waals surface area contributed by atoms with E-state index in [9.17, 15) is 9.59 Å². The summed E-state index contributed by atoms with van der Waals surface area (Å²) in [6.07, 6.45) is 28.3. The molecule has 30 heteroatoms. The Morgan fingerprint density at radius 1 is 0.361 bits per heavy atom. The average molecular weight is 1670 g/mol. The highest BCUT2D eigenvalue weighted by atomic mass is 16.6. The second-order valence-electron chi connectivity index (χ2n) is 29.9. The van der Waals surface area contributed by atoms with Crippen molar-refractivity contribution in [3.63, 3.8) is 0 Å². The number of ether oxygens (including phenoxy) is 9. The second kappa shape index (κ2) is 50.3. The summed E-state index contributed by atoms with van der Waals surface area (Å²) in [4.78, 5) is 47.4. The van der Waals surface area contributed by atoms with Gasteiger partial charge in [-0.25, -0.2) is 9.59 Å². The van der Waals surface area contributed by atoms with Gasteiger partial charge in [-0.2, -0.15) is 0 Å². The summed E-state index contributed by atoms with van der Waals surface area (Å²) in [5.41, 5.74) is 7.06. The van der Waals surface area contributed by atoms with E-state index < -0.39 is 12.2 Å². The minimum Gasteiger partial charge on any atom is -0.494 e. The maximum absolute atomic E-state index is 10.5. The van der Waals surface area contributed by atoms with Gasteiger partial charge in [0.25, 0.3) is 0 Å². The third-order valence-corrected chi connectivity index (χ3v) is 20.8. The van der Waals surface area contributed by atoms with Crippen LogP contribution < -0.4 is 33.2 Å². The van der Waals surface area contributed by atoms with Crippen LogP contribution in [0.25, 0.3) is 45.3 Å². The van der Waals surface area contributed by atoms with Gasteiger partial charge in [-0.3, -0.25) is 19.9 Å². The number of carbonyl (C=O) groups is 2. The molecule has 4 aliphatic heterocycles. The van der Waals surface area contributed by atoms with E-state index in [2.05, 4.69) is 108 Å². The van der Waals surface area contributed by atoms with E-state index in [1.165, 1.54) is 51.4 Å². The first-order valence-corrected chi connectivity index (χ1v) is 42.2. The average Bonchev–Trinajstić information content (AvgIpc) is 1.69. The molecule has 30 nitrogen and oxygen atoms in total. The third-order valence-electron chi connectivity index (χ3n) is 20.8. The Morgan fingerprint density at radius 2 is 0.623 bits per heavy atom. The molecule has 1 N–H and O–H groups in total. The first-order valence-electron chi connectivity index (χ1n) is 42.2. The smallest absolute Gasteiger partial charge is 0.452 e. The van der Waals surface area contributed by atoms with Crippen molar-refractivity contribution in [3.05, 3.63) is 212 Å². The number of likely N-dealkylation sites (N-methyl/N-ethyl adjacent to an activating group) is 4. The lowest BCUT2D eigenvalue weighted by Crippen LogP contribution is -2.30. The largest absolute Gasteiger partial charge is 0.494 e. The maximum atomic E-state index is 10.5. The molecule has 0 aliphatic carbocycles. The number of para-hydroxylation sites is 3. The van der Waals surface area contributed by atoms with Gasteiger partial charge in [0.1, 0.15) is 66.7 Å². The number of hydrogen-bond donors (Lipinski definition) is 1. The lowest BCUT2D eigenvalue weighted by Gasteiger charge is -2.19. The molecule has 4 saturated heterocycles. The lowest BCUT2D eigenvalue weighted by molar-refractivity contribution is 0.152. The summed E-state index contributed by atoms with van der Waals surface area (Å²) in [5, 5.41) is 31.3. The fourth-order valence-corrected chi connectivity index (χ4v) is 13.8. The number of pyridine rings is 4. The summed E-state index contributed by atoms with van der Waals surface area (Å²) in [5.74, 6) is 8.50. The van der Waals surface area contributed by atoms with Crippen LogP contribution in [0.15, 0.2) is 217 Å². The number of aliphatic hydroxyl groups excluding tert-OH is 1. The minimum atomic E-state index is -0.898. The fourth-order valence-electron chi connectivity index (χ4n) is 13.8. The molecule has 15 rings (SSSR count). The van der Waals surface area contributed by atoms with Crippen LogP contribution >= 0.6 is 0 Å². The van der Waals surface area contributed by atoms with Gasteiger partial charge in [0.15, 0.2) is 23.0 Å². The molecule has 0 radical (unpaired) electrons. The van der Waals surface area contributed by atoms with Crippen LogP contribution in [0.3, 0.4) is 0 Å². The molecular formula is C92H114N14O16. The van der Waals surface area contributed by atoms with Crippen LogP contribution in [-0.2, 0) is 35.2 Å². The Hall–Kier alpha value is -12.0. The van der Waals surface area contributed by atoms with E-state index >= 15 is 0 Å². The zero-order valence-corrected chi connectivity index (χ0v) is 70.8. The van der Waals surface area contributed by atoms with Gasteiger partial charge in [0.05, 0.1) is 80.6 Å². The molecule has 0 spiro atoms. The van der Waals surface area contributed by atoms with Gasteiger partial charge >= 0.3 is 12.2 Å². The van der Waals surface area contributed by atoms with Crippen LogP contribution in [0, 0.1) is 0 Å². The molecule has 4 fully saturated rings. The highest BCUT2D eigenvalue weighted by Gasteiger charge is 2.26. The summed E-state index contributed by atoms with van der Waals surface area (Å²) in [6.45, 7) is 13.0. The van der Waals surface area contributed by atoms with Crippen molar-refractivity contribution < 1.29 is 75.4 Å². The Labute approximate surface area is 713 Å². The number of benzene rings is 3. The number of rotatable bonds is 36. The van der Waals surface area contributed by atoms with Crippen molar-refractivity contribution in [2.45, 2.75) is 141 Å². The highest BCUT2D eigenvalue weighted by molar-refractivity contribution is 5.73. The first-order chi connectivity index (χ1) is 59.8. The summed E-state index contributed by atoms with van der Waals surface area (Å²) in [7, 11) is 8.59. The number of nitrogens with zero attached hydrogens (tertiary/aromatic N) is 14. The van der Waals surface area contributed by atoms with Crippen LogP contribution in [0.5, 0.6) is 40.2 Å². The number of aromatic nitrogens is 8. The predicted octanol–water partition coefficient (Wildman–Crippen LogP) is 16.5. The van der Waals surface area contributed by atoms with Crippen molar-refractivity contribution in [1.82, 2.24) is 60.2 Å². The zero-order valence-electron chi connectivity index (χ0n) is 70.8. The van der Waals surface area contributed by atoms with Gasteiger partial charge in [-0.05, 0) is 232 Å². The molecule has 2 amide bonds. The second-order valence-corrected chi connectivity index (χ2v) is 29.9. The SMILES string of the molecule is CCOC(=O)N=NC(=O)OCC.CN1CCC[C@H]1COc1cncc(-c2cc(CCCO)no2)c1.CN1CCC[C@H]1COc1cncc(-c2cc(CCCOc3ccccc3)no2)c1.CN1CCC[C@H]1COc1cncc(-c2cc(CCCOc3ccccc3)no2)c1.CN1CCC[C@H]1COc1cncc(-c2cc(CCCOc3ccccc3)no2)c1. The number of carbonyl (C=O) groups excluding carboxylic acids is 2. The van der Waals surface area contributed by atoms with Gasteiger partial charge < -0.3 is 85.4 Å². The van der Waals surface area contributed by atoms with E-state index in [1.54, 1.807) is 63.4 Å². The lowest BCUT2D eigenvalue weighted by atomic mass is 10.2. The van der Waals surface area contributed by atoms with E-state index in [0.29, 0.717) is 106 Å². The Balaban J connectivity index is 0.000000152. The number of aliphatic hydroxyl groups is 1. The Kier molecular flexibility index (Phi) is 37.5. The Morgan fingerprint density at radius 3 is 0.861 bits per heavy atom. The number of hydrogen-bond acceptors (Lipinski definition) is 28. The van der Waals surface area contributed by atoms with Crippen molar-refractivity contribution in [2.24, 2.45) is 10.2 Å². The van der Waals surface area contributed by atoms with Gasteiger partial charge in [0.2, 0.25) is 0 Å². The molecule has 3 aromatic carbocycles. The van der Waals surface area contributed by atoms with E-state index in [4.69, 9.17) is 56.4 Å². The van der Waals surface area contributed by atoms with E-state index in [0.717, 1.165) is 150 Å². The summed E-state index contributed by atoms with van der Waals surface area (Å²) < 4.78 is 71.6. The molecule has 0 saturated carbocycles. The van der Waals surface area contributed by atoms with Gasteiger partial charge in [-0.15, -0.1) is 0 Å². The van der Waals surface area contributed by atoms with Gasteiger partial charge in [0, 0.05) is 102 Å². The molecular weight excluding hydrogens is 1560 g/mol. The van der Waals surface area contributed by atoms with Crippen molar-refractivity contribution in [2.75, 3.05) is 120 Å². The number of amides is 2. The molecule has 12 heterocycles.